The van der Waals surface area contributed by atoms with Gasteiger partial charge in [-0.2, -0.15) is 0 Å². The lowest BCUT2D eigenvalue weighted by atomic mass is 9.85. The van der Waals surface area contributed by atoms with Crippen LogP contribution in [0.1, 0.15) is 38.5 Å². The molecular weight excluding hydrogens is 242 g/mol. The summed E-state index contributed by atoms with van der Waals surface area (Å²) in [6.45, 7) is 1.07. The van der Waals surface area contributed by atoms with Crippen LogP contribution in [-0.2, 0) is 4.79 Å². The Labute approximate surface area is 105 Å². The van der Waals surface area contributed by atoms with Gasteiger partial charge in [-0.3, -0.25) is 4.79 Å². The zero-order chi connectivity index (χ0) is 13.2. The van der Waals surface area contributed by atoms with Gasteiger partial charge in [-0.05, 0) is 12.8 Å². The molecule has 0 aromatic heterocycles. The molecule has 0 radical (unpaired) electrons. The van der Waals surface area contributed by atoms with Crippen LogP contribution < -0.4 is 0 Å². The molecule has 1 heterocycles. The van der Waals surface area contributed by atoms with Crippen molar-refractivity contribution in [1.29, 1.82) is 0 Å². The maximum atomic E-state index is 13.0. The lowest BCUT2D eigenvalue weighted by Gasteiger charge is -2.34. The number of rotatable bonds is 1. The summed E-state index contributed by atoms with van der Waals surface area (Å²) in [6.07, 6.45) is 1.35. The number of carbonyl (C=O) groups excluding carboxylic acids is 1. The number of piperidine rings is 1. The lowest BCUT2D eigenvalue weighted by molar-refractivity contribution is -0.139. The first-order valence-corrected chi connectivity index (χ1v) is 6.38. The van der Waals surface area contributed by atoms with Crippen LogP contribution in [0.3, 0.4) is 0 Å². The molecule has 0 spiro atoms. The van der Waals surface area contributed by atoms with Gasteiger partial charge in [0.25, 0.3) is 0 Å². The largest absolute Gasteiger partial charge is 0.411 e. The van der Waals surface area contributed by atoms with Crippen molar-refractivity contribution in [2.45, 2.75) is 44.4 Å². The van der Waals surface area contributed by atoms with Crippen LogP contribution in [0.25, 0.3) is 0 Å². The van der Waals surface area contributed by atoms with Gasteiger partial charge in [0.05, 0.1) is 5.71 Å². The van der Waals surface area contributed by atoms with Crippen LogP contribution in [0.2, 0.25) is 0 Å². The predicted octanol–water partition coefficient (Wildman–Crippen LogP) is 2.26. The van der Waals surface area contributed by atoms with Crippen LogP contribution in [-0.4, -0.2) is 40.7 Å². The van der Waals surface area contributed by atoms with Crippen LogP contribution in [0.5, 0.6) is 0 Å². The zero-order valence-electron chi connectivity index (χ0n) is 10.2. The second kappa shape index (κ2) is 5.20. The zero-order valence-corrected chi connectivity index (χ0v) is 10.2. The van der Waals surface area contributed by atoms with E-state index in [1.807, 2.05) is 0 Å². The van der Waals surface area contributed by atoms with Gasteiger partial charge in [0.2, 0.25) is 11.8 Å². The summed E-state index contributed by atoms with van der Waals surface area (Å²) in [6, 6.07) is 0. The van der Waals surface area contributed by atoms with E-state index in [1.165, 1.54) is 0 Å². The van der Waals surface area contributed by atoms with Gasteiger partial charge < -0.3 is 10.1 Å². The molecule has 4 nitrogen and oxygen atoms in total. The molecule has 1 saturated heterocycles. The molecule has 2 aliphatic rings. The van der Waals surface area contributed by atoms with E-state index in [0.717, 1.165) is 0 Å². The first-order chi connectivity index (χ1) is 8.52. The molecule has 6 heteroatoms. The molecule has 102 valence electrons. The Hall–Kier alpha value is -1.20. The highest BCUT2D eigenvalue weighted by Crippen LogP contribution is 2.37. The molecule has 1 N–H and O–H groups in total. The minimum absolute atomic E-state index is 0.0116. The fraction of sp³-hybridized carbons (Fsp3) is 0.833. The number of halogens is 2. The summed E-state index contributed by atoms with van der Waals surface area (Å²) in [7, 11) is 0. The average molecular weight is 260 g/mol. The third kappa shape index (κ3) is 2.97. The molecule has 0 unspecified atom stereocenters. The van der Waals surface area contributed by atoms with Crippen molar-refractivity contribution in [2.24, 2.45) is 11.1 Å². The van der Waals surface area contributed by atoms with Crippen molar-refractivity contribution in [2.75, 3.05) is 13.1 Å². The molecule has 1 aliphatic heterocycles. The van der Waals surface area contributed by atoms with Crippen LogP contribution >= 0.6 is 0 Å². The highest BCUT2D eigenvalue weighted by Gasteiger charge is 2.38. The van der Waals surface area contributed by atoms with Crippen molar-refractivity contribution in [1.82, 2.24) is 4.90 Å². The van der Waals surface area contributed by atoms with Gasteiger partial charge in [-0.25, -0.2) is 8.78 Å². The van der Waals surface area contributed by atoms with E-state index >= 15 is 0 Å². The molecular formula is C12H18F2N2O2. The quantitative estimate of drug-likeness (QED) is 0.581. The number of alkyl halides is 2. The van der Waals surface area contributed by atoms with Gasteiger partial charge in [-0.15, -0.1) is 0 Å². The summed E-state index contributed by atoms with van der Waals surface area (Å²) < 4.78 is 26.0. The summed E-state index contributed by atoms with van der Waals surface area (Å²) in [5.74, 6) is -2.85. The number of hydrogen-bond acceptors (Lipinski definition) is 3. The van der Waals surface area contributed by atoms with Crippen LogP contribution in [0, 0.1) is 5.92 Å². The van der Waals surface area contributed by atoms with Crippen molar-refractivity contribution < 1.29 is 18.8 Å². The normalized spacial score (nSPS) is 25.0. The number of oxime groups is 1. The number of likely N-dealkylation sites (tertiary alicyclic amines) is 1. The van der Waals surface area contributed by atoms with Gasteiger partial charge in [0.1, 0.15) is 0 Å². The summed E-state index contributed by atoms with van der Waals surface area (Å²) >= 11 is 0. The second-order valence-electron chi connectivity index (χ2n) is 5.12. The Morgan fingerprint density at radius 3 is 2.33 bits per heavy atom. The van der Waals surface area contributed by atoms with Crippen molar-refractivity contribution in [3.63, 3.8) is 0 Å². The monoisotopic (exact) mass is 260 g/mol. The van der Waals surface area contributed by atoms with Crippen LogP contribution in [0.15, 0.2) is 5.16 Å². The molecule has 2 fully saturated rings. The van der Waals surface area contributed by atoms with E-state index in [1.54, 1.807) is 4.90 Å². The Kier molecular flexibility index (Phi) is 3.82. The van der Waals surface area contributed by atoms with E-state index in [9.17, 15) is 13.6 Å². The first kappa shape index (κ1) is 13.2. The molecule has 1 aliphatic carbocycles. The third-order valence-electron chi connectivity index (χ3n) is 3.86. The van der Waals surface area contributed by atoms with E-state index < -0.39 is 5.92 Å². The summed E-state index contributed by atoms with van der Waals surface area (Å²) in [4.78, 5) is 13.8. The van der Waals surface area contributed by atoms with Gasteiger partial charge in [-0.1, -0.05) is 5.16 Å². The minimum Gasteiger partial charge on any atom is -0.411 e. The Morgan fingerprint density at radius 2 is 1.83 bits per heavy atom. The Bertz CT molecular complexity index is 338. The number of nitrogens with zero attached hydrogens (tertiary/aromatic N) is 2. The number of amides is 1. The Balaban J connectivity index is 1.85. The first-order valence-electron chi connectivity index (χ1n) is 6.38. The predicted molar refractivity (Wildman–Crippen MR) is 61.9 cm³/mol. The maximum absolute atomic E-state index is 13.0. The molecule has 2 rings (SSSR count). The molecule has 1 saturated carbocycles. The van der Waals surface area contributed by atoms with Crippen molar-refractivity contribution in [3.8, 4) is 0 Å². The fourth-order valence-electron chi connectivity index (χ4n) is 2.63. The smallest absolute Gasteiger partial charge is 0.248 e. The molecule has 0 aromatic carbocycles. The van der Waals surface area contributed by atoms with E-state index in [2.05, 4.69) is 5.16 Å². The SMILES string of the molecule is O=C(C1CCC(F)(F)CC1)N1CCC(=NO)CC1. The molecule has 0 aromatic rings. The van der Waals surface area contributed by atoms with Gasteiger partial charge in [0.15, 0.2) is 0 Å². The molecule has 0 atom stereocenters. The van der Waals surface area contributed by atoms with E-state index in [4.69, 9.17) is 5.21 Å². The number of carbonyl (C=O) groups is 1. The molecule has 1 amide bonds. The topological polar surface area (TPSA) is 52.9 Å². The van der Waals surface area contributed by atoms with Crippen LogP contribution in [0.4, 0.5) is 8.78 Å². The lowest BCUT2D eigenvalue weighted by Crippen LogP contribution is -2.43. The van der Waals surface area contributed by atoms with Gasteiger partial charge in [0, 0.05) is 44.7 Å². The fourth-order valence-corrected chi connectivity index (χ4v) is 2.63. The standard InChI is InChI=1S/C12H18F2N2O2/c13-12(14)5-1-9(2-6-12)11(17)16-7-3-10(15-18)4-8-16/h9,18H,1-8H2. The average Bonchev–Trinajstić information content (AvgIpc) is 2.38. The molecule has 0 bridgehead atoms. The van der Waals surface area contributed by atoms with Crippen molar-refractivity contribution in [3.05, 3.63) is 0 Å². The maximum Gasteiger partial charge on any atom is 0.248 e. The molecule has 18 heavy (non-hydrogen) atoms. The highest BCUT2D eigenvalue weighted by atomic mass is 19.3. The number of hydrogen-bond donors (Lipinski definition) is 1. The van der Waals surface area contributed by atoms with Crippen molar-refractivity contribution >= 4 is 11.6 Å². The second-order valence-corrected chi connectivity index (χ2v) is 5.12. The Morgan fingerprint density at radius 1 is 1.28 bits per heavy atom. The minimum atomic E-state index is -2.59. The van der Waals surface area contributed by atoms with E-state index in [0.29, 0.717) is 31.6 Å². The van der Waals surface area contributed by atoms with Gasteiger partial charge >= 0.3 is 0 Å². The highest BCUT2D eigenvalue weighted by molar-refractivity contribution is 5.87. The summed E-state index contributed by atoms with van der Waals surface area (Å²) in [5.41, 5.74) is 0.703. The van der Waals surface area contributed by atoms with E-state index in [-0.39, 0.29) is 37.5 Å². The summed E-state index contributed by atoms with van der Waals surface area (Å²) in [5, 5.41) is 11.8. The third-order valence-corrected chi connectivity index (χ3v) is 3.86.